The summed E-state index contributed by atoms with van der Waals surface area (Å²) in [6.45, 7) is 2.09. The second-order valence-electron chi connectivity index (χ2n) is 3.47. The number of rotatable bonds is 2. The minimum Gasteiger partial charge on any atom is -0.348 e. The molecule has 1 aromatic heterocycles. The lowest BCUT2D eigenvalue weighted by Gasteiger charge is -2.29. The topological polar surface area (TPSA) is 42.1 Å². The molecule has 0 unspecified atom stereocenters. The molecule has 1 aliphatic heterocycles. The number of hydrogen-bond donors (Lipinski definition) is 1. The van der Waals surface area contributed by atoms with E-state index in [0.29, 0.717) is 6.04 Å². The Labute approximate surface area is 89.7 Å². The fraction of sp³-hybridized carbons (Fsp3) is 0.556. The molecule has 0 amide bonds. The summed E-state index contributed by atoms with van der Waals surface area (Å²) in [6, 6.07) is 0.386. The van der Waals surface area contributed by atoms with E-state index in [1.807, 2.05) is 0 Å². The van der Waals surface area contributed by atoms with Crippen LogP contribution in [0.5, 0.6) is 0 Å². The van der Waals surface area contributed by atoms with Crippen molar-refractivity contribution in [3.8, 4) is 0 Å². The zero-order chi connectivity index (χ0) is 9.97. The maximum absolute atomic E-state index is 5.85. The van der Waals surface area contributed by atoms with Gasteiger partial charge in [0, 0.05) is 24.5 Å². The predicted molar refractivity (Wildman–Crippen MR) is 65.2 cm³/mol. The SMILES string of the molecule is C=Pc1csc(N2CCC(N)CC2)n1. The Kier molecular flexibility index (Phi) is 3.16. The third kappa shape index (κ3) is 2.14. The van der Waals surface area contributed by atoms with Crippen LogP contribution in [0.3, 0.4) is 0 Å². The summed E-state index contributed by atoms with van der Waals surface area (Å²) in [4.78, 5) is 6.83. The van der Waals surface area contributed by atoms with Crippen molar-refractivity contribution in [2.75, 3.05) is 18.0 Å². The fourth-order valence-electron chi connectivity index (χ4n) is 1.56. The highest BCUT2D eigenvalue weighted by atomic mass is 32.1. The minimum atomic E-state index is 0.386. The number of anilines is 1. The first-order valence-corrected chi connectivity index (χ1v) is 6.68. The van der Waals surface area contributed by atoms with Gasteiger partial charge in [0.05, 0.1) is 0 Å². The largest absolute Gasteiger partial charge is 0.348 e. The second kappa shape index (κ2) is 4.39. The molecule has 0 aromatic carbocycles. The third-order valence-corrected chi connectivity index (χ3v) is 4.08. The van der Waals surface area contributed by atoms with Crippen molar-refractivity contribution >= 4 is 36.4 Å². The Morgan fingerprint density at radius 1 is 1.57 bits per heavy atom. The van der Waals surface area contributed by atoms with Gasteiger partial charge in [-0.2, -0.15) is 0 Å². The molecule has 0 spiro atoms. The van der Waals surface area contributed by atoms with Crippen LogP contribution in [0.2, 0.25) is 0 Å². The predicted octanol–water partition coefficient (Wildman–Crippen LogP) is 1.07. The number of nitrogens with two attached hydrogens (primary N) is 1. The summed E-state index contributed by atoms with van der Waals surface area (Å²) in [5.41, 5.74) is 6.92. The highest BCUT2D eigenvalue weighted by Gasteiger charge is 2.18. The molecule has 1 aromatic rings. The summed E-state index contributed by atoms with van der Waals surface area (Å²) in [6.07, 6.45) is 5.97. The minimum absolute atomic E-state index is 0.386. The van der Waals surface area contributed by atoms with Gasteiger partial charge >= 0.3 is 0 Å². The lowest BCUT2D eigenvalue weighted by molar-refractivity contribution is 0.501. The molecule has 76 valence electrons. The number of aromatic nitrogens is 1. The Bertz CT molecular complexity index is 318. The first-order valence-electron chi connectivity index (χ1n) is 4.72. The van der Waals surface area contributed by atoms with Crippen molar-refractivity contribution in [2.24, 2.45) is 5.73 Å². The highest BCUT2D eigenvalue weighted by molar-refractivity contribution is 7.46. The molecule has 2 N–H and O–H groups in total. The van der Waals surface area contributed by atoms with Crippen LogP contribution in [-0.2, 0) is 0 Å². The molecule has 14 heavy (non-hydrogen) atoms. The highest BCUT2D eigenvalue weighted by Crippen LogP contribution is 2.21. The van der Waals surface area contributed by atoms with Crippen molar-refractivity contribution < 1.29 is 0 Å². The fourth-order valence-corrected chi connectivity index (χ4v) is 3.00. The molecular formula is C9H14N3PS. The Morgan fingerprint density at radius 2 is 2.29 bits per heavy atom. The van der Waals surface area contributed by atoms with Gasteiger partial charge in [0.25, 0.3) is 0 Å². The van der Waals surface area contributed by atoms with E-state index in [-0.39, 0.29) is 0 Å². The molecule has 2 rings (SSSR count). The average Bonchev–Trinajstić information content (AvgIpc) is 2.67. The van der Waals surface area contributed by atoms with Gasteiger partial charge in [0.1, 0.15) is 5.44 Å². The van der Waals surface area contributed by atoms with E-state index in [4.69, 9.17) is 5.73 Å². The van der Waals surface area contributed by atoms with Crippen molar-refractivity contribution in [3.63, 3.8) is 0 Å². The first kappa shape index (κ1) is 10.1. The van der Waals surface area contributed by atoms with E-state index in [1.165, 1.54) is 0 Å². The monoisotopic (exact) mass is 227 g/mol. The van der Waals surface area contributed by atoms with Crippen molar-refractivity contribution in [1.29, 1.82) is 0 Å². The maximum Gasteiger partial charge on any atom is 0.186 e. The maximum atomic E-state index is 5.85. The molecule has 1 fully saturated rings. The normalized spacial score (nSPS) is 19.1. The van der Waals surface area contributed by atoms with Gasteiger partial charge in [-0.15, -0.1) is 11.3 Å². The Balaban J connectivity index is 2.04. The van der Waals surface area contributed by atoms with E-state index in [1.54, 1.807) is 11.3 Å². The quantitative estimate of drug-likeness (QED) is 0.769. The smallest absolute Gasteiger partial charge is 0.186 e. The number of hydrogen-bond acceptors (Lipinski definition) is 4. The summed E-state index contributed by atoms with van der Waals surface area (Å²) < 4.78 is 0. The Morgan fingerprint density at radius 3 is 2.86 bits per heavy atom. The van der Waals surface area contributed by atoms with Crippen molar-refractivity contribution in [1.82, 2.24) is 4.98 Å². The lowest BCUT2D eigenvalue weighted by Crippen LogP contribution is -2.39. The number of thiazole rings is 1. The van der Waals surface area contributed by atoms with Crippen LogP contribution in [0.25, 0.3) is 0 Å². The lowest BCUT2D eigenvalue weighted by atomic mass is 10.1. The Hall–Kier alpha value is -0.440. The molecule has 0 bridgehead atoms. The summed E-state index contributed by atoms with van der Waals surface area (Å²) in [7, 11) is 1.01. The average molecular weight is 227 g/mol. The van der Waals surface area contributed by atoms with Crippen LogP contribution in [0.15, 0.2) is 5.38 Å². The summed E-state index contributed by atoms with van der Waals surface area (Å²) in [5.74, 6) is 0. The van der Waals surface area contributed by atoms with Gasteiger partial charge in [-0.3, -0.25) is 0 Å². The van der Waals surface area contributed by atoms with Crippen molar-refractivity contribution in [3.05, 3.63) is 5.38 Å². The van der Waals surface area contributed by atoms with E-state index < -0.39 is 0 Å². The van der Waals surface area contributed by atoms with Crippen LogP contribution < -0.4 is 16.1 Å². The first-order chi connectivity index (χ1) is 6.79. The van der Waals surface area contributed by atoms with Gasteiger partial charge in [0.2, 0.25) is 0 Å². The van der Waals surface area contributed by atoms with Gasteiger partial charge in [-0.1, -0.05) is 14.5 Å². The third-order valence-electron chi connectivity index (χ3n) is 2.45. The molecule has 0 radical (unpaired) electrons. The molecule has 3 nitrogen and oxygen atoms in total. The zero-order valence-corrected chi connectivity index (χ0v) is 9.73. The van der Waals surface area contributed by atoms with Crippen LogP contribution in [-0.4, -0.2) is 30.4 Å². The molecular weight excluding hydrogens is 213 g/mol. The number of nitrogens with zero attached hydrogens (tertiary/aromatic N) is 2. The van der Waals surface area contributed by atoms with E-state index >= 15 is 0 Å². The molecule has 0 saturated carbocycles. The van der Waals surface area contributed by atoms with E-state index in [2.05, 4.69) is 21.6 Å². The van der Waals surface area contributed by atoms with Gasteiger partial charge in [0.15, 0.2) is 5.13 Å². The van der Waals surface area contributed by atoms with Crippen molar-refractivity contribution in [2.45, 2.75) is 18.9 Å². The van der Waals surface area contributed by atoms with Crippen LogP contribution in [0, 0.1) is 0 Å². The van der Waals surface area contributed by atoms with Crippen LogP contribution >= 0.6 is 19.5 Å². The summed E-state index contributed by atoms with van der Waals surface area (Å²) in [5, 5.41) is 3.21. The van der Waals surface area contributed by atoms with Crippen LogP contribution in [0.4, 0.5) is 5.13 Å². The molecule has 0 atom stereocenters. The summed E-state index contributed by atoms with van der Waals surface area (Å²) >= 11 is 1.71. The molecule has 1 saturated heterocycles. The molecule has 1 aliphatic rings. The van der Waals surface area contributed by atoms with E-state index in [9.17, 15) is 0 Å². The standard InChI is InChI=1S/C9H14N3PS/c1-13-8-6-14-9(11-8)12-4-2-7(10)3-5-12/h6-7H,1-5,10H2. The van der Waals surface area contributed by atoms with Gasteiger partial charge in [-0.05, 0) is 12.8 Å². The molecule has 2 heterocycles. The number of piperidine rings is 1. The zero-order valence-electron chi connectivity index (χ0n) is 8.02. The van der Waals surface area contributed by atoms with Gasteiger partial charge in [-0.25, -0.2) is 4.98 Å². The van der Waals surface area contributed by atoms with Crippen LogP contribution in [0.1, 0.15) is 12.8 Å². The second-order valence-corrected chi connectivity index (χ2v) is 5.08. The van der Waals surface area contributed by atoms with Gasteiger partial charge < -0.3 is 10.6 Å². The molecule has 0 aliphatic carbocycles. The van der Waals surface area contributed by atoms with E-state index in [0.717, 1.165) is 44.7 Å². The molecule has 5 heteroatoms.